The summed E-state index contributed by atoms with van der Waals surface area (Å²) in [5.74, 6) is -0.590. The number of aromatic nitrogens is 1. The highest BCUT2D eigenvalue weighted by Crippen LogP contribution is 2.36. The van der Waals surface area contributed by atoms with Gasteiger partial charge in [0.25, 0.3) is 5.91 Å². The third kappa shape index (κ3) is 2.63. The lowest BCUT2D eigenvalue weighted by Crippen LogP contribution is -2.01. The van der Waals surface area contributed by atoms with E-state index in [0.29, 0.717) is 0 Å². The number of hydrogen-bond acceptors (Lipinski definition) is 4. The number of fused-ring (bicyclic) bond motifs is 1. The van der Waals surface area contributed by atoms with E-state index in [1.54, 1.807) is 0 Å². The number of nitrogens with zero attached hydrogens (tertiary/aromatic N) is 2. The van der Waals surface area contributed by atoms with Crippen molar-refractivity contribution in [1.82, 2.24) is 4.98 Å². The normalized spacial score (nSPS) is 11.5. The molecule has 1 heterocycles. The number of para-hydroxylation sites is 1. The molecule has 0 aliphatic heterocycles. The fraction of sp³-hybridized carbons (Fsp3) is 0.308. The number of nitrogens with one attached hydrogen (secondary N) is 1. The van der Waals surface area contributed by atoms with Gasteiger partial charge in [-0.1, -0.05) is 25.1 Å². The minimum atomic E-state index is -0.497. The molecular formula is C13H15N3O3. The van der Waals surface area contributed by atoms with E-state index in [1.807, 2.05) is 25.1 Å². The number of aryl methyl sites for hydroxylation is 1. The third-order valence-electron chi connectivity index (χ3n) is 2.78. The Bertz CT molecular complexity index is 631. The number of ether oxygens (including phenoxy) is 1. The standard InChI is InChI=1S/C13H15N3O3/c1-3-8-5-4-6-9-11(8)14-13(18)12(9)16-15-10(17)7-19-2/h4-6,14,18H,3,7H2,1-2H3. The molecule has 0 saturated heterocycles. The molecule has 0 atom stereocenters. The SMILES string of the molecule is CCc1cccc2c(N=NC(=O)COC)c(O)[nH]c12. The van der Waals surface area contributed by atoms with Gasteiger partial charge in [0.1, 0.15) is 6.61 Å². The van der Waals surface area contributed by atoms with E-state index in [4.69, 9.17) is 0 Å². The number of carbonyl (C=O) groups excluding carboxylic acids is 1. The van der Waals surface area contributed by atoms with Gasteiger partial charge in [-0.2, -0.15) is 0 Å². The second-order valence-electron chi connectivity index (χ2n) is 4.04. The highest BCUT2D eigenvalue weighted by molar-refractivity contribution is 5.96. The van der Waals surface area contributed by atoms with Gasteiger partial charge < -0.3 is 14.8 Å². The van der Waals surface area contributed by atoms with Crippen LogP contribution in [0.25, 0.3) is 10.9 Å². The summed E-state index contributed by atoms with van der Waals surface area (Å²) in [5, 5.41) is 17.9. The summed E-state index contributed by atoms with van der Waals surface area (Å²) in [5.41, 5.74) is 2.16. The van der Waals surface area contributed by atoms with Crippen molar-refractivity contribution in [2.75, 3.05) is 13.7 Å². The zero-order valence-electron chi connectivity index (χ0n) is 10.8. The molecule has 2 aromatic rings. The molecule has 1 aromatic carbocycles. The summed E-state index contributed by atoms with van der Waals surface area (Å²) in [6.07, 6.45) is 0.830. The van der Waals surface area contributed by atoms with Crippen LogP contribution in [0.15, 0.2) is 28.4 Å². The molecule has 19 heavy (non-hydrogen) atoms. The fourth-order valence-corrected chi connectivity index (χ4v) is 1.90. The molecule has 6 heteroatoms. The molecular weight excluding hydrogens is 246 g/mol. The number of hydrogen-bond donors (Lipinski definition) is 2. The van der Waals surface area contributed by atoms with Crippen LogP contribution in [0.3, 0.4) is 0 Å². The van der Waals surface area contributed by atoms with Crippen molar-refractivity contribution >= 4 is 22.5 Å². The summed E-state index contributed by atoms with van der Waals surface area (Å²) in [4.78, 5) is 14.1. The maximum Gasteiger partial charge on any atom is 0.290 e. The maximum absolute atomic E-state index is 11.2. The molecule has 0 saturated carbocycles. The molecule has 1 amide bonds. The van der Waals surface area contributed by atoms with Crippen molar-refractivity contribution in [3.63, 3.8) is 0 Å². The Balaban J connectivity index is 2.44. The van der Waals surface area contributed by atoms with Gasteiger partial charge >= 0.3 is 0 Å². The number of carbonyl (C=O) groups is 1. The highest BCUT2D eigenvalue weighted by Gasteiger charge is 2.12. The lowest BCUT2D eigenvalue weighted by molar-refractivity contribution is -0.121. The summed E-state index contributed by atoms with van der Waals surface area (Å²) >= 11 is 0. The van der Waals surface area contributed by atoms with Crippen LogP contribution in [0, 0.1) is 0 Å². The van der Waals surface area contributed by atoms with Crippen LogP contribution < -0.4 is 0 Å². The first-order valence-electron chi connectivity index (χ1n) is 5.93. The van der Waals surface area contributed by atoms with Crippen LogP contribution in [-0.2, 0) is 16.0 Å². The van der Waals surface area contributed by atoms with E-state index in [0.717, 1.165) is 22.9 Å². The van der Waals surface area contributed by atoms with Gasteiger partial charge in [0.05, 0.1) is 5.52 Å². The Morgan fingerprint density at radius 3 is 2.95 bits per heavy atom. The number of amides is 1. The van der Waals surface area contributed by atoms with Gasteiger partial charge in [0, 0.05) is 12.5 Å². The van der Waals surface area contributed by atoms with Crippen molar-refractivity contribution in [3.8, 4) is 5.88 Å². The first-order chi connectivity index (χ1) is 9.17. The van der Waals surface area contributed by atoms with Gasteiger partial charge in [-0.15, -0.1) is 10.2 Å². The average molecular weight is 261 g/mol. The van der Waals surface area contributed by atoms with Gasteiger partial charge in [-0.05, 0) is 12.0 Å². The van der Waals surface area contributed by atoms with Crippen molar-refractivity contribution in [1.29, 1.82) is 0 Å². The van der Waals surface area contributed by atoms with Crippen molar-refractivity contribution < 1.29 is 14.6 Å². The first kappa shape index (κ1) is 13.2. The molecule has 0 radical (unpaired) electrons. The van der Waals surface area contributed by atoms with Crippen molar-refractivity contribution in [2.24, 2.45) is 10.2 Å². The molecule has 0 fully saturated rings. The largest absolute Gasteiger partial charge is 0.493 e. The number of aromatic hydroxyl groups is 1. The molecule has 2 rings (SSSR count). The Labute approximate surface area is 110 Å². The molecule has 0 spiro atoms. The predicted octanol–water partition coefficient (Wildman–Crippen LogP) is 2.69. The van der Waals surface area contributed by atoms with Gasteiger partial charge in [0.15, 0.2) is 5.69 Å². The Hall–Kier alpha value is -2.21. The van der Waals surface area contributed by atoms with E-state index >= 15 is 0 Å². The summed E-state index contributed by atoms with van der Waals surface area (Å²) in [7, 11) is 1.41. The number of H-pyrrole nitrogens is 1. The predicted molar refractivity (Wildman–Crippen MR) is 70.7 cm³/mol. The number of benzene rings is 1. The quantitative estimate of drug-likeness (QED) is 0.829. The molecule has 0 bridgehead atoms. The topological polar surface area (TPSA) is 87.0 Å². The average Bonchev–Trinajstić information content (AvgIpc) is 2.72. The Morgan fingerprint density at radius 1 is 1.47 bits per heavy atom. The molecule has 6 nitrogen and oxygen atoms in total. The monoisotopic (exact) mass is 261 g/mol. The van der Waals surface area contributed by atoms with Crippen LogP contribution in [0.5, 0.6) is 5.88 Å². The zero-order valence-corrected chi connectivity index (χ0v) is 10.8. The molecule has 1 aromatic heterocycles. The van der Waals surface area contributed by atoms with Crippen LogP contribution in [0.2, 0.25) is 0 Å². The molecule has 100 valence electrons. The van der Waals surface area contributed by atoms with Crippen molar-refractivity contribution in [3.05, 3.63) is 23.8 Å². The fourth-order valence-electron chi connectivity index (χ4n) is 1.90. The lowest BCUT2D eigenvalue weighted by Gasteiger charge is -1.97. The molecule has 2 N–H and O–H groups in total. The number of methoxy groups -OCH3 is 1. The number of rotatable bonds is 4. The number of azo groups is 1. The van der Waals surface area contributed by atoms with Crippen LogP contribution >= 0.6 is 0 Å². The Kier molecular flexibility index (Phi) is 3.91. The smallest absolute Gasteiger partial charge is 0.290 e. The van der Waals surface area contributed by atoms with E-state index in [2.05, 4.69) is 19.9 Å². The molecule has 0 unspecified atom stereocenters. The maximum atomic E-state index is 11.2. The summed E-state index contributed by atoms with van der Waals surface area (Å²) in [6.45, 7) is 1.89. The minimum Gasteiger partial charge on any atom is -0.493 e. The highest BCUT2D eigenvalue weighted by atomic mass is 16.5. The number of aromatic amines is 1. The van der Waals surface area contributed by atoms with Crippen LogP contribution in [-0.4, -0.2) is 29.7 Å². The summed E-state index contributed by atoms with van der Waals surface area (Å²) in [6, 6.07) is 5.67. The second-order valence-corrected chi connectivity index (χ2v) is 4.04. The van der Waals surface area contributed by atoms with E-state index in [-0.39, 0.29) is 18.2 Å². The van der Waals surface area contributed by atoms with Gasteiger partial charge in [0.2, 0.25) is 5.88 Å². The van der Waals surface area contributed by atoms with Crippen molar-refractivity contribution in [2.45, 2.75) is 13.3 Å². The van der Waals surface area contributed by atoms with Gasteiger partial charge in [-0.3, -0.25) is 4.79 Å². The summed E-state index contributed by atoms with van der Waals surface area (Å²) < 4.78 is 4.65. The second kappa shape index (κ2) is 5.62. The van der Waals surface area contributed by atoms with E-state index < -0.39 is 5.91 Å². The minimum absolute atomic E-state index is 0.0927. The van der Waals surface area contributed by atoms with E-state index in [1.165, 1.54) is 7.11 Å². The first-order valence-corrected chi connectivity index (χ1v) is 5.93. The van der Waals surface area contributed by atoms with E-state index in [9.17, 15) is 9.90 Å². The zero-order chi connectivity index (χ0) is 13.8. The molecule has 0 aliphatic carbocycles. The van der Waals surface area contributed by atoms with Crippen LogP contribution in [0.1, 0.15) is 12.5 Å². The Morgan fingerprint density at radius 2 is 2.26 bits per heavy atom. The van der Waals surface area contributed by atoms with Crippen LogP contribution in [0.4, 0.5) is 5.69 Å². The third-order valence-corrected chi connectivity index (χ3v) is 2.78. The lowest BCUT2D eigenvalue weighted by atomic mass is 10.1. The molecule has 0 aliphatic rings. The van der Waals surface area contributed by atoms with Gasteiger partial charge in [-0.25, -0.2) is 0 Å².